The SMILES string of the molecule is O=C(O)c1ccc(Cn2c(C3CCC3)nc3ccccc32)cc1. The molecule has 23 heavy (non-hydrogen) atoms. The van der Waals surface area contributed by atoms with E-state index in [1.165, 1.54) is 25.1 Å². The fraction of sp³-hybridized carbons (Fsp3) is 0.263. The number of fused-ring (bicyclic) bond motifs is 1. The standard InChI is InChI=1S/C19H18N2O2/c22-19(23)15-10-8-13(9-11-15)12-21-17-7-2-1-6-16(17)20-18(21)14-4-3-5-14/h1-2,6-11,14H,3-5,12H2,(H,22,23). The van der Waals surface area contributed by atoms with Crippen molar-refractivity contribution in [3.8, 4) is 0 Å². The number of para-hydroxylation sites is 2. The first kappa shape index (κ1) is 14.0. The molecule has 1 N–H and O–H groups in total. The molecule has 1 aromatic heterocycles. The molecule has 0 bridgehead atoms. The minimum Gasteiger partial charge on any atom is -0.478 e. The van der Waals surface area contributed by atoms with Crippen molar-refractivity contribution in [2.24, 2.45) is 0 Å². The number of carbonyl (C=O) groups is 1. The fourth-order valence-corrected chi connectivity index (χ4v) is 3.17. The summed E-state index contributed by atoms with van der Waals surface area (Å²) in [5, 5.41) is 9.01. The van der Waals surface area contributed by atoms with Crippen LogP contribution in [0.2, 0.25) is 0 Å². The van der Waals surface area contributed by atoms with E-state index in [9.17, 15) is 4.79 Å². The Balaban J connectivity index is 1.73. The average molecular weight is 306 g/mol. The molecule has 1 heterocycles. The van der Waals surface area contributed by atoms with E-state index in [1.54, 1.807) is 12.1 Å². The Morgan fingerprint density at radius 2 is 1.87 bits per heavy atom. The fourth-order valence-electron chi connectivity index (χ4n) is 3.17. The topological polar surface area (TPSA) is 55.1 Å². The highest BCUT2D eigenvalue weighted by Gasteiger charge is 2.25. The van der Waals surface area contributed by atoms with Crippen LogP contribution in [0.3, 0.4) is 0 Å². The highest BCUT2D eigenvalue weighted by molar-refractivity contribution is 5.87. The quantitative estimate of drug-likeness (QED) is 0.791. The van der Waals surface area contributed by atoms with Gasteiger partial charge in [0.15, 0.2) is 0 Å². The smallest absolute Gasteiger partial charge is 0.335 e. The summed E-state index contributed by atoms with van der Waals surface area (Å²) >= 11 is 0. The molecular weight excluding hydrogens is 288 g/mol. The van der Waals surface area contributed by atoms with E-state index in [2.05, 4.69) is 16.7 Å². The molecular formula is C19H18N2O2. The van der Waals surface area contributed by atoms with Crippen molar-refractivity contribution in [2.45, 2.75) is 31.7 Å². The van der Waals surface area contributed by atoms with Crippen LogP contribution in [0.15, 0.2) is 48.5 Å². The van der Waals surface area contributed by atoms with E-state index in [0.29, 0.717) is 11.5 Å². The Labute approximate surface area is 134 Å². The molecule has 1 fully saturated rings. The summed E-state index contributed by atoms with van der Waals surface area (Å²) in [5.41, 5.74) is 3.61. The molecule has 0 atom stereocenters. The van der Waals surface area contributed by atoms with Gasteiger partial charge in [0.05, 0.1) is 16.6 Å². The minimum atomic E-state index is -0.889. The van der Waals surface area contributed by atoms with Crippen LogP contribution < -0.4 is 0 Å². The molecule has 1 saturated carbocycles. The van der Waals surface area contributed by atoms with Gasteiger partial charge in [-0.05, 0) is 42.7 Å². The number of aromatic nitrogens is 2. The zero-order valence-electron chi connectivity index (χ0n) is 12.8. The number of aromatic carboxylic acids is 1. The van der Waals surface area contributed by atoms with Gasteiger partial charge in [-0.15, -0.1) is 0 Å². The summed E-state index contributed by atoms with van der Waals surface area (Å²) in [6, 6.07) is 15.3. The maximum atomic E-state index is 11.0. The van der Waals surface area contributed by atoms with Gasteiger partial charge in [-0.2, -0.15) is 0 Å². The summed E-state index contributed by atoms with van der Waals surface area (Å²) in [4.78, 5) is 15.8. The molecule has 116 valence electrons. The number of hydrogen-bond donors (Lipinski definition) is 1. The number of rotatable bonds is 4. The zero-order chi connectivity index (χ0) is 15.8. The van der Waals surface area contributed by atoms with Gasteiger partial charge in [0.1, 0.15) is 5.82 Å². The van der Waals surface area contributed by atoms with Gasteiger partial charge in [-0.3, -0.25) is 0 Å². The van der Waals surface area contributed by atoms with E-state index in [-0.39, 0.29) is 0 Å². The lowest BCUT2D eigenvalue weighted by molar-refractivity contribution is 0.0697. The van der Waals surface area contributed by atoms with Crippen LogP contribution in [0.4, 0.5) is 0 Å². The van der Waals surface area contributed by atoms with Crippen LogP contribution >= 0.6 is 0 Å². The van der Waals surface area contributed by atoms with Crippen molar-refractivity contribution in [1.82, 2.24) is 9.55 Å². The van der Waals surface area contributed by atoms with Crippen LogP contribution in [0, 0.1) is 0 Å². The monoisotopic (exact) mass is 306 g/mol. The Hall–Kier alpha value is -2.62. The molecule has 0 unspecified atom stereocenters. The van der Waals surface area contributed by atoms with Gasteiger partial charge in [0.2, 0.25) is 0 Å². The summed E-state index contributed by atoms with van der Waals surface area (Å²) in [6.45, 7) is 0.728. The second-order valence-corrected chi connectivity index (χ2v) is 6.17. The van der Waals surface area contributed by atoms with E-state index in [0.717, 1.165) is 23.1 Å². The van der Waals surface area contributed by atoms with E-state index in [4.69, 9.17) is 10.1 Å². The van der Waals surface area contributed by atoms with Crippen molar-refractivity contribution in [2.75, 3.05) is 0 Å². The second-order valence-electron chi connectivity index (χ2n) is 6.17. The van der Waals surface area contributed by atoms with Crippen molar-refractivity contribution in [3.05, 3.63) is 65.5 Å². The summed E-state index contributed by atoms with van der Waals surface area (Å²) in [6.07, 6.45) is 3.70. The third-order valence-corrected chi connectivity index (χ3v) is 4.70. The van der Waals surface area contributed by atoms with E-state index < -0.39 is 5.97 Å². The van der Waals surface area contributed by atoms with Crippen molar-refractivity contribution < 1.29 is 9.90 Å². The first-order valence-corrected chi connectivity index (χ1v) is 8.00. The molecule has 0 aliphatic heterocycles. The normalized spacial score (nSPS) is 14.8. The predicted octanol–water partition coefficient (Wildman–Crippen LogP) is 4.05. The Bertz CT molecular complexity index is 861. The molecule has 0 radical (unpaired) electrons. The lowest BCUT2D eigenvalue weighted by atomic mass is 9.85. The van der Waals surface area contributed by atoms with Gasteiger partial charge in [-0.1, -0.05) is 30.7 Å². The minimum absolute atomic E-state index is 0.323. The van der Waals surface area contributed by atoms with Crippen LogP contribution in [-0.4, -0.2) is 20.6 Å². The number of benzene rings is 2. The van der Waals surface area contributed by atoms with Gasteiger partial charge in [0.25, 0.3) is 0 Å². The van der Waals surface area contributed by atoms with Gasteiger partial charge < -0.3 is 9.67 Å². The predicted molar refractivity (Wildman–Crippen MR) is 88.8 cm³/mol. The molecule has 4 nitrogen and oxygen atoms in total. The highest BCUT2D eigenvalue weighted by atomic mass is 16.4. The third-order valence-electron chi connectivity index (χ3n) is 4.70. The molecule has 0 amide bonds. The summed E-state index contributed by atoms with van der Waals surface area (Å²) in [5.74, 6) is 0.834. The Morgan fingerprint density at radius 1 is 1.13 bits per heavy atom. The molecule has 4 heteroatoms. The van der Waals surface area contributed by atoms with Gasteiger partial charge in [0, 0.05) is 12.5 Å². The molecule has 2 aromatic carbocycles. The number of hydrogen-bond acceptors (Lipinski definition) is 2. The summed E-state index contributed by atoms with van der Waals surface area (Å²) < 4.78 is 2.29. The van der Waals surface area contributed by atoms with Crippen LogP contribution in [0.5, 0.6) is 0 Å². The molecule has 0 spiro atoms. The van der Waals surface area contributed by atoms with Gasteiger partial charge in [-0.25, -0.2) is 9.78 Å². The molecule has 1 aliphatic rings. The number of carboxylic acids is 1. The van der Waals surface area contributed by atoms with Crippen molar-refractivity contribution >= 4 is 17.0 Å². The van der Waals surface area contributed by atoms with Crippen LogP contribution in [-0.2, 0) is 6.54 Å². The maximum absolute atomic E-state index is 11.0. The number of carboxylic acid groups (broad SMARTS) is 1. The molecule has 1 aliphatic carbocycles. The maximum Gasteiger partial charge on any atom is 0.335 e. The first-order chi connectivity index (χ1) is 11.2. The molecule has 3 aromatic rings. The number of nitrogens with zero attached hydrogens (tertiary/aromatic N) is 2. The zero-order valence-corrected chi connectivity index (χ0v) is 12.8. The van der Waals surface area contributed by atoms with Crippen molar-refractivity contribution in [1.29, 1.82) is 0 Å². The van der Waals surface area contributed by atoms with Crippen molar-refractivity contribution in [3.63, 3.8) is 0 Å². The summed E-state index contributed by atoms with van der Waals surface area (Å²) in [7, 11) is 0. The largest absolute Gasteiger partial charge is 0.478 e. The lowest BCUT2D eigenvalue weighted by Crippen LogP contribution is -2.16. The highest BCUT2D eigenvalue weighted by Crippen LogP contribution is 2.37. The molecule has 4 rings (SSSR count). The van der Waals surface area contributed by atoms with Crippen LogP contribution in [0.1, 0.15) is 46.9 Å². The Kier molecular flexibility index (Phi) is 3.37. The van der Waals surface area contributed by atoms with E-state index in [1.807, 2.05) is 24.3 Å². The number of imidazole rings is 1. The Morgan fingerprint density at radius 3 is 2.52 bits per heavy atom. The average Bonchev–Trinajstić information content (AvgIpc) is 2.85. The van der Waals surface area contributed by atoms with Crippen LogP contribution in [0.25, 0.3) is 11.0 Å². The first-order valence-electron chi connectivity index (χ1n) is 8.00. The second kappa shape index (κ2) is 5.54. The third kappa shape index (κ3) is 2.50. The van der Waals surface area contributed by atoms with E-state index >= 15 is 0 Å². The lowest BCUT2D eigenvalue weighted by Gasteiger charge is -2.25. The molecule has 0 saturated heterocycles. The van der Waals surface area contributed by atoms with Gasteiger partial charge >= 0.3 is 5.97 Å².